The van der Waals surface area contributed by atoms with Gasteiger partial charge in [0.1, 0.15) is 18.2 Å². The Morgan fingerprint density at radius 2 is 1.88 bits per heavy atom. The van der Waals surface area contributed by atoms with Crippen molar-refractivity contribution in [3.8, 4) is 5.88 Å². The molecule has 6 rings (SSSR count). The van der Waals surface area contributed by atoms with E-state index >= 15 is 0 Å². The van der Waals surface area contributed by atoms with E-state index in [1.807, 2.05) is 12.1 Å². The summed E-state index contributed by atoms with van der Waals surface area (Å²) in [5.41, 5.74) is 3.00. The van der Waals surface area contributed by atoms with Gasteiger partial charge in [-0.05, 0) is 68.8 Å². The minimum absolute atomic E-state index is 0.0639. The molecule has 4 aromatic rings. The number of hydrogen-bond donors (Lipinski definition) is 1. The van der Waals surface area contributed by atoms with Gasteiger partial charge in [-0.3, -0.25) is 4.90 Å². The van der Waals surface area contributed by atoms with Crippen molar-refractivity contribution < 1.29 is 32.2 Å². The number of carbonyl (C=O) groups is 1. The summed E-state index contributed by atoms with van der Waals surface area (Å²) in [5.74, 6) is -0.0684. The number of imidazole rings is 1. The molecule has 10 nitrogen and oxygen atoms in total. The molecular formula is C31H33FN4O6S. The SMILES string of the molecule is CS(=O)(=O)c1ccc(COc2cccc(C3CCN(Cc4nc5ccc(C(=O)O)cc5n4C[C@@H]4CCO4)CC3)n2)c(F)c1. The molecule has 2 aliphatic heterocycles. The molecule has 2 aromatic heterocycles. The summed E-state index contributed by atoms with van der Waals surface area (Å²) >= 11 is 0. The van der Waals surface area contributed by atoms with Gasteiger partial charge in [-0.15, -0.1) is 0 Å². The molecule has 1 N–H and O–H groups in total. The van der Waals surface area contributed by atoms with Crippen molar-refractivity contribution in [3.63, 3.8) is 0 Å². The van der Waals surface area contributed by atoms with Crippen LogP contribution in [0.3, 0.4) is 0 Å². The normalized spacial score (nSPS) is 18.0. The first-order valence-electron chi connectivity index (χ1n) is 14.3. The topological polar surface area (TPSA) is 124 Å². The number of carboxylic acids is 1. The molecule has 12 heteroatoms. The van der Waals surface area contributed by atoms with Crippen LogP contribution in [-0.2, 0) is 34.3 Å². The highest BCUT2D eigenvalue weighted by Crippen LogP contribution is 2.30. The number of likely N-dealkylation sites (tertiary alicyclic amines) is 1. The Bertz CT molecular complexity index is 1760. The van der Waals surface area contributed by atoms with Gasteiger partial charge in [0.2, 0.25) is 5.88 Å². The molecule has 4 heterocycles. The fourth-order valence-electron chi connectivity index (χ4n) is 5.62. The lowest BCUT2D eigenvalue weighted by Gasteiger charge is -2.32. The maximum absolute atomic E-state index is 14.5. The Morgan fingerprint density at radius 1 is 1.09 bits per heavy atom. The van der Waals surface area contributed by atoms with Crippen molar-refractivity contribution in [3.05, 3.63) is 83.1 Å². The predicted octanol–water partition coefficient (Wildman–Crippen LogP) is 4.42. The summed E-state index contributed by atoms with van der Waals surface area (Å²) in [4.78, 5) is 23.4. The Kier molecular flexibility index (Phi) is 8.17. The van der Waals surface area contributed by atoms with Crippen LogP contribution in [0.2, 0.25) is 0 Å². The maximum atomic E-state index is 14.5. The highest BCUT2D eigenvalue weighted by atomic mass is 32.2. The van der Waals surface area contributed by atoms with Crippen LogP contribution in [0, 0.1) is 5.82 Å². The molecule has 0 saturated carbocycles. The highest BCUT2D eigenvalue weighted by molar-refractivity contribution is 7.90. The van der Waals surface area contributed by atoms with Crippen molar-refractivity contribution in [2.45, 2.75) is 55.9 Å². The van der Waals surface area contributed by atoms with Crippen LogP contribution in [0.25, 0.3) is 11.0 Å². The van der Waals surface area contributed by atoms with Crippen molar-refractivity contribution >= 4 is 26.8 Å². The molecular weight excluding hydrogens is 575 g/mol. The van der Waals surface area contributed by atoms with E-state index in [0.717, 1.165) is 73.8 Å². The molecule has 0 unspecified atom stereocenters. The Hall–Kier alpha value is -3.87. The van der Waals surface area contributed by atoms with Gasteiger partial charge >= 0.3 is 5.97 Å². The number of piperidine rings is 1. The van der Waals surface area contributed by atoms with E-state index in [-0.39, 0.29) is 34.7 Å². The molecule has 1 atom stereocenters. The number of aromatic carboxylic acids is 1. The van der Waals surface area contributed by atoms with Crippen LogP contribution in [0.1, 0.15) is 52.6 Å². The van der Waals surface area contributed by atoms with Gasteiger partial charge in [0.05, 0.1) is 40.7 Å². The van der Waals surface area contributed by atoms with Crippen LogP contribution in [0.4, 0.5) is 4.39 Å². The summed E-state index contributed by atoms with van der Waals surface area (Å²) in [6.07, 6.45) is 3.92. The summed E-state index contributed by atoms with van der Waals surface area (Å²) in [6.45, 7) is 3.67. The third-order valence-corrected chi connectivity index (χ3v) is 9.31. The molecule has 226 valence electrons. The molecule has 43 heavy (non-hydrogen) atoms. The summed E-state index contributed by atoms with van der Waals surface area (Å²) in [6, 6.07) is 14.4. The lowest BCUT2D eigenvalue weighted by Crippen LogP contribution is -2.35. The first-order chi connectivity index (χ1) is 20.6. The highest BCUT2D eigenvalue weighted by Gasteiger charge is 2.26. The Balaban J connectivity index is 1.09. The molecule has 2 fully saturated rings. The van der Waals surface area contributed by atoms with Crippen molar-refractivity contribution in [1.82, 2.24) is 19.4 Å². The van der Waals surface area contributed by atoms with E-state index in [9.17, 15) is 22.7 Å². The average molecular weight is 609 g/mol. The van der Waals surface area contributed by atoms with Crippen molar-refractivity contribution in [1.29, 1.82) is 0 Å². The van der Waals surface area contributed by atoms with Gasteiger partial charge < -0.3 is 19.1 Å². The molecule has 0 spiro atoms. The first-order valence-corrected chi connectivity index (χ1v) is 16.2. The molecule has 2 aliphatic rings. The van der Waals surface area contributed by atoms with E-state index in [2.05, 4.69) is 14.5 Å². The number of aromatic nitrogens is 3. The fraction of sp³-hybridized carbons (Fsp3) is 0.387. The number of rotatable bonds is 10. The fourth-order valence-corrected chi connectivity index (χ4v) is 6.25. The van der Waals surface area contributed by atoms with Gasteiger partial charge in [-0.2, -0.15) is 0 Å². The minimum atomic E-state index is -3.49. The molecule has 0 radical (unpaired) electrons. The summed E-state index contributed by atoms with van der Waals surface area (Å²) in [7, 11) is -3.49. The first kappa shape index (κ1) is 29.2. The quantitative estimate of drug-likeness (QED) is 0.279. The smallest absolute Gasteiger partial charge is 0.335 e. The number of benzene rings is 2. The zero-order chi connectivity index (χ0) is 30.1. The van der Waals surface area contributed by atoms with Crippen molar-refractivity contribution in [2.75, 3.05) is 26.0 Å². The second kappa shape index (κ2) is 12.0. The third-order valence-electron chi connectivity index (χ3n) is 8.20. The zero-order valence-electron chi connectivity index (χ0n) is 23.8. The molecule has 0 amide bonds. The Morgan fingerprint density at radius 3 is 2.56 bits per heavy atom. The van der Waals surface area contributed by atoms with E-state index in [1.54, 1.807) is 24.3 Å². The number of fused-ring (bicyclic) bond motifs is 1. The van der Waals surface area contributed by atoms with Gasteiger partial charge in [0.25, 0.3) is 0 Å². The number of carboxylic acid groups (broad SMARTS) is 1. The lowest BCUT2D eigenvalue weighted by molar-refractivity contribution is -0.0592. The molecule has 0 aliphatic carbocycles. The Labute approximate surface area is 249 Å². The number of hydrogen-bond acceptors (Lipinski definition) is 8. The second-order valence-electron chi connectivity index (χ2n) is 11.2. The van der Waals surface area contributed by atoms with E-state index < -0.39 is 21.6 Å². The monoisotopic (exact) mass is 608 g/mol. The maximum Gasteiger partial charge on any atom is 0.335 e. The van der Waals surface area contributed by atoms with Gasteiger partial charge in [-0.25, -0.2) is 27.6 Å². The number of sulfone groups is 1. The van der Waals surface area contributed by atoms with Crippen LogP contribution in [0.5, 0.6) is 5.88 Å². The van der Waals surface area contributed by atoms with E-state index in [0.29, 0.717) is 19.0 Å². The predicted molar refractivity (Wildman–Crippen MR) is 156 cm³/mol. The van der Waals surface area contributed by atoms with Gasteiger partial charge in [0.15, 0.2) is 9.84 Å². The standard InChI is InChI=1S/C31H33FN4O6S/c1-43(39,40)24-7-5-22(25(32)16-24)19-42-30-4-2-3-26(34-30)20-9-12-35(13-10-20)18-29-33-27-8-6-21(31(37)38)15-28(27)36(29)17-23-11-14-41-23/h2-8,15-16,20,23H,9-14,17-19H2,1H3,(H,37,38)/t23-/m0/s1. The van der Waals surface area contributed by atoms with Crippen LogP contribution in [0.15, 0.2) is 59.5 Å². The second-order valence-corrected chi connectivity index (χ2v) is 13.2. The van der Waals surface area contributed by atoms with Crippen LogP contribution >= 0.6 is 0 Å². The number of halogens is 1. The molecule has 2 saturated heterocycles. The summed E-state index contributed by atoms with van der Waals surface area (Å²) < 4.78 is 51.4. The van der Waals surface area contributed by atoms with E-state index in [1.165, 1.54) is 12.1 Å². The zero-order valence-corrected chi connectivity index (χ0v) is 24.6. The third kappa shape index (κ3) is 6.56. The number of ether oxygens (including phenoxy) is 2. The lowest BCUT2D eigenvalue weighted by atomic mass is 9.93. The summed E-state index contributed by atoms with van der Waals surface area (Å²) in [5, 5.41) is 9.50. The number of nitrogens with zero attached hydrogens (tertiary/aromatic N) is 4. The van der Waals surface area contributed by atoms with Gasteiger partial charge in [-0.1, -0.05) is 12.1 Å². The minimum Gasteiger partial charge on any atom is -0.478 e. The van der Waals surface area contributed by atoms with Crippen LogP contribution < -0.4 is 4.74 Å². The largest absolute Gasteiger partial charge is 0.478 e. The van der Waals surface area contributed by atoms with Crippen LogP contribution in [-0.4, -0.2) is 71.0 Å². The van der Waals surface area contributed by atoms with Gasteiger partial charge in [0, 0.05) is 36.1 Å². The number of pyridine rings is 1. The van der Waals surface area contributed by atoms with Crippen molar-refractivity contribution in [2.24, 2.45) is 0 Å². The molecule has 0 bridgehead atoms. The average Bonchev–Trinajstić information content (AvgIpc) is 3.30. The molecule has 2 aromatic carbocycles. The van der Waals surface area contributed by atoms with E-state index in [4.69, 9.17) is 14.5 Å².